The van der Waals surface area contributed by atoms with Gasteiger partial charge in [-0.3, -0.25) is 9.59 Å². The van der Waals surface area contributed by atoms with Gasteiger partial charge in [0.1, 0.15) is 5.02 Å². The van der Waals surface area contributed by atoms with Crippen LogP contribution >= 0.6 is 27.5 Å². The van der Waals surface area contributed by atoms with E-state index in [-0.39, 0.29) is 35.5 Å². The van der Waals surface area contributed by atoms with Crippen molar-refractivity contribution in [2.45, 2.75) is 13.3 Å². The Morgan fingerprint density at radius 3 is 2.48 bits per heavy atom. The van der Waals surface area contributed by atoms with Gasteiger partial charge < -0.3 is 9.47 Å². The first-order valence-electron chi connectivity index (χ1n) is 8.76. The maximum atomic E-state index is 12.7. The van der Waals surface area contributed by atoms with Gasteiger partial charge in [0, 0.05) is 10.0 Å². The molecule has 1 saturated carbocycles. The minimum Gasteiger partial charge on any atom is -0.493 e. The number of imide groups is 1. The Balaban J connectivity index is 1.63. The van der Waals surface area contributed by atoms with Crippen LogP contribution in [0.2, 0.25) is 5.02 Å². The molecule has 1 heterocycles. The van der Waals surface area contributed by atoms with E-state index in [0.29, 0.717) is 33.2 Å². The van der Waals surface area contributed by atoms with Gasteiger partial charge in [-0.25, -0.2) is 0 Å². The Morgan fingerprint density at radius 1 is 1.30 bits per heavy atom. The number of halogens is 2. The number of rotatable bonds is 5. The molecule has 4 atom stereocenters. The number of hydrogen-bond donors (Lipinski definition) is 0. The van der Waals surface area contributed by atoms with Crippen molar-refractivity contribution in [2.24, 2.45) is 28.8 Å². The maximum absolute atomic E-state index is 12.7. The van der Waals surface area contributed by atoms with Crippen molar-refractivity contribution in [2.75, 3.05) is 13.7 Å². The summed E-state index contributed by atoms with van der Waals surface area (Å²) in [6.07, 6.45) is 6.44. The van der Waals surface area contributed by atoms with Crippen LogP contribution in [0.15, 0.2) is 27.8 Å². The average Bonchev–Trinajstić information content (AvgIpc) is 3.34. The molecule has 0 radical (unpaired) electrons. The van der Waals surface area contributed by atoms with Crippen LogP contribution in [0.5, 0.6) is 11.5 Å². The van der Waals surface area contributed by atoms with E-state index in [4.69, 9.17) is 21.1 Å². The standard InChI is InChI=1S/C19H18BrClN2O4/c1-3-27-17-12(26-2)7-11(15(20)16(17)21)8-22-23-18(24)13-9-4-5-10(6-9)14(13)19(23)25/h4-5,7-10,13-14H,3,6H2,1-2H3. The van der Waals surface area contributed by atoms with Gasteiger partial charge >= 0.3 is 0 Å². The molecule has 142 valence electrons. The number of carbonyl (C=O) groups excluding carboxylic acids is 2. The van der Waals surface area contributed by atoms with E-state index in [1.165, 1.54) is 13.3 Å². The normalized spacial score (nSPS) is 28.5. The minimum absolute atomic E-state index is 0.156. The number of allylic oxidation sites excluding steroid dienone is 2. The first-order valence-corrected chi connectivity index (χ1v) is 9.93. The third-order valence-corrected chi connectivity index (χ3v) is 6.87. The van der Waals surface area contributed by atoms with Crippen LogP contribution in [0, 0.1) is 23.7 Å². The highest BCUT2D eigenvalue weighted by atomic mass is 79.9. The predicted molar refractivity (Wildman–Crippen MR) is 104 cm³/mol. The van der Waals surface area contributed by atoms with Crippen LogP contribution in [-0.4, -0.2) is 36.8 Å². The molecule has 0 aromatic heterocycles. The molecule has 1 saturated heterocycles. The fraction of sp³-hybridized carbons (Fsp3) is 0.421. The number of ether oxygens (including phenoxy) is 2. The number of benzene rings is 1. The quantitative estimate of drug-likeness (QED) is 0.388. The Kier molecular flexibility index (Phi) is 4.76. The van der Waals surface area contributed by atoms with Crippen molar-refractivity contribution >= 4 is 45.6 Å². The molecule has 6 nitrogen and oxygen atoms in total. The highest BCUT2D eigenvalue weighted by molar-refractivity contribution is 9.10. The summed E-state index contributed by atoms with van der Waals surface area (Å²) in [6.45, 7) is 2.29. The minimum atomic E-state index is -0.272. The second kappa shape index (κ2) is 6.95. The fourth-order valence-electron chi connectivity index (χ4n) is 4.25. The third kappa shape index (κ3) is 2.79. The Labute approximate surface area is 170 Å². The highest BCUT2D eigenvalue weighted by Gasteiger charge is 2.59. The number of nitrogens with zero attached hydrogens (tertiary/aromatic N) is 2. The highest BCUT2D eigenvalue weighted by Crippen LogP contribution is 2.52. The van der Waals surface area contributed by atoms with Crippen molar-refractivity contribution < 1.29 is 19.1 Å². The molecule has 2 aliphatic carbocycles. The van der Waals surface area contributed by atoms with Gasteiger partial charge in [-0.05, 0) is 47.2 Å². The van der Waals surface area contributed by atoms with Crippen LogP contribution in [0.1, 0.15) is 18.9 Å². The molecule has 1 aliphatic heterocycles. The van der Waals surface area contributed by atoms with E-state index in [1.807, 2.05) is 6.92 Å². The fourth-order valence-corrected chi connectivity index (χ4v) is 4.90. The number of fused-ring (bicyclic) bond motifs is 5. The number of hydrogen-bond acceptors (Lipinski definition) is 5. The van der Waals surface area contributed by atoms with E-state index >= 15 is 0 Å². The van der Waals surface area contributed by atoms with Gasteiger partial charge in [0.2, 0.25) is 0 Å². The lowest BCUT2D eigenvalue weighted by molar-refractivity contribution is -0.140. The van der Waals surface area contributed by atoms with Crippen LogP contribution in [0.4, 0.5) is 0 Å². The molecule has 0 N–H and O–H groups in total. The maximum Gasteiger partial charge on any atom is 0.254 e. The van der Waals surface area contributed by atoms with Crippen molar-refractivity contribution in [1.29, 1.82) is 0 Å². The molecule has 2 amide bonds. The summed E-state index contributed by atoms with van der Waals surface area (Å²) in [5.41, 5.74) is 0.582. The lowest BCUT2D eigenvalue weighted by atomic mass is 9.85. The second-order valence-corrected chi connectivity index (χ2v) is 7.96. The Hall–Kier alpha value is -1.86. The Bertz CT molecular complexity index is 855. The van der Waals surface area contributed by atoms with E-state index in [0.717, 1.165) is 11.4 Å². The van der Waals surface area contributed by atoms with E-state index in [9.17, 15) is 9.59 Å². The van der Waals surface area contributed by atoms with Crippen molar-refractivity contribution in [3.05, 3.63) is 33.3 Å². The SMILES string of the molecule is CCOc1c(OC)cc(C=NN2C(=O)C3C4C=CC(C4)C3C2=O)c(Br)c1Cl. The van der Waals surface area contributed by atoms with E-state index in [2.05, 4.69) is 33.2 Å². The lowest BCUT2D eigenvalue weighted by Gasteiger charge is -2.14. The van der Waals surface area contributed by atoms with E-state index in [1.54, 1.807) is 6.07 Å². The van der Waals surface area contributed by atoms with Crippen LogP contribution in [0.25, 0.3) is 0 Å². The molecule has 4 unspecified atom stereocenters. The van der Waals surface area contributed by atoms with Crippen molar-refractivity contribution in [1.82, 2.24) is 5.01 Å². The molecule has 27 heavy (non-hydrogen) atoms. The second-order valence-electron chi connectivity index (χ2n) is 6.79. The van der Waals surface area contributed by atoms with Gasteiger partial charge in [0.05, 0.1) is 31.8 Å². The zero-order valence-electron chi connectivity index (χ0n) is 14.8. The summed E-state index contributed by atoms with van der Waals surface area (Å²) in [5.74, 6) is 0.197. The number of amides is 2. The average molecular weight is 454 g/mol. The summed E-state index contributed by atoms with van der Waals surface area (Å²) in [6, 6.07) is 1.70. The summed E-state index contributed by atoms with van der Waals surface area (Å²) in [5, 5.41) is 5.53. The topological polar surface area (TPSA) is 68.2 Å². The van der Waals surface area contributed by atoms with Gasteiger partial charge in [-0.2, -0.15) is 10.1 Å². The molecule has 8 heteroatoms. The molecule has 2 bridgehead atoms. The number of hydrazone groups is 1. The van der Waals surface area contributed by atoms with E-state index < -0.39 is 0 Å². The molecule has 4 rings (SSSR count). The van der Waals surface area contributed by atoms with Crippen LogP contribution in [0.3, 0.4) is 0 Å². The smallest absolute Gasteiger partial charge is 0.254 e. The molecular formula is C19H18BrClN2O4. The molecular weight excluding hydrogens is 436 g/mol. The number of carbonyl (C=O) groups is 2. The first-order chi connectivity index (χ1) is 13.0. The number of methoxy groups -OCH3 is 1. The third-order valence-electron chi connectivity index (χ3n) is 5.42. The lowest BCUT2D eigenvalue weighted by Crippen LogP contribution is -2.28. The summed E-state index contributed by atoms with van der Waals surface area (Å²) >= 11 is 9.79. The van der Waals surface area contributed by atoms with Crippen LogP contribution in [-0.2, 0) is 9.59 Å². The molecule has 1 aromatic rings. The first kappa shape index (κ1) is 18.5. The zero-order valence-corrected chi connectivity index (χ0v) is 17.2. The predicted octanol–water partition coefficient (Wildman–Crippen LogP) is 3.65. The molecule has 1 aromatic carbocycles. The van der Waals surface area contributed by atoms with Crippen LogP contribution < -0.4 is 9.47 Å². The monoisotopic (exact) mass is 452 g/mol. The summed E-state index contributed by atoms with van der Waals surface area (Å²) in [4.78, 5) is 25.4. The molecule has 0 spiro atoms. The van der Waals surface area contributed by atoms with Crippen molar-refractivity contribution in [3.63, 3.8) is 0 Å². The Morgan fingerprint density at radius 2 is 1.93 bits per heavy atom. The van der Waals surface area contributed by atoms with Gasteiger partial charge in [-0.15, -0.1) is 0 Å². The summed E-state index contributed by atoms with van der Waals surface area (Å²) in [7, 11) is 1.51. The van der Waals surface area contributed by atoms with Crippen molar-refractivity contribution in [3.8, 4) is 11.5 Å². The molecule has 3 aliphatic rings. The van der Waals surface area contributed by atoms with Gasteiger partial charge in [-0.1, -0.05) is 23.8 Å². The largest absolute Gasteiger partial charge is 0.493 e. The summed E-state index contributed by atoms with van der Waals surface area (Å²) < 4.78 is 11.4. The van der Waals surface area contributed by atoms with Gasteiger partial charge in [0.15, 0.2) is 11.5 Å². The zero-order chi connectivity index (χ0) is 19.3. The van der Waals surface area contributed by atoms with Gasteiger partial charge in [0.25, 0.3) is 11.8 Å². The molecule has 2 fully saturated rings.